The van der Waals surface area contributed by atoms with Crippen LogP contribution in [0, 0.1) is 46.3 Å². The van der Waals surface area contributed by atoms with Crippen molar-refractivity contribution in [3.8, 4) is 0 Å². The van der Waals surface area contributed by atoms with E-state index in [9.17, 15) is 14.7 Å². The van der Waals surface area contributed by atoms with Crippen LogP contribution in [0.1, 0.15) is 85.0 Å². The Balaban J connectivity index is 1.45. The molecule has 0 heterocycles. The summed E-state index contributed by atoms with van der Waals surface area (Å²) in [6.07, 6.45) is 10.5. The van der Waals surface area contributed by atoms with Crippen molar-refractivity contribution >= 4 is 11.9 Å². The highest BCUT2D eigenvalue weighted by Crippen LogP contribution is 2.68. The normalized spacial score (nSPS) is 45.2. The molecule has 4 fully saturated rings. The van der Waals surface area contributed by atoms with Gasteiger partial charge in [-0.3, -0.25) is 9.59 Å². The summed E-state index contributed by atoms with van der Waals surface area (Å²) in [4.78, 5) is 23.4. The third-order valence-electron chi connectivity index (χ3n) is 10.7. The van der Waals surface area contributed by atoms with E-state index in [1.807, 2.05) is 0 Å². The first-order valence-corrected chi connectivity index (χ1v) is 12.9. The second kappa shape index (κ2) is 8.90. The number of ether oxygens (including phenoxy) is 1. The number of carboxylic acid groups (broad SMARTS) is 1. The molecule has 0 spiro atoms. The number of carbonyl (C=O) groups is 2. The predicted octanol–water partition coefficient (Wildman–Crippen LogP) is 3.99. The van der Waals surface area contributed by atoms with E-state index in [2.05, 4.69) is 20.8 Å². The molecule has 6 heteroatoms. The molecule has 0 aromatic rings. The molecule has 0 aromatic heterocycles. The highest BCUT2D eigenvalue weighted by molar-refractivity contribution is 5.75. The molecule has 0 radical (unpaired) electrons. The Morgan fingerprint density at radius 1 is 1.03 bits per heavy atom. The van der Waals surface area contributed by atoms with Crippen molar-refractivity contribution in [2.45, 2.75) is 97.1 Å². The Bertz CT molecular complexity index is 727. The second-order valence-electron chi connectivity index (χ2n) is 12.1. The molecule has 182 valence electrons. The molecule has 6 nitrogen and oxygen atoms in total. The molecule has 4 aliphatic rings. The number of fused-ring (bicyclic) bond motifs is 5. The molecule has 10 atom stereocenters. The molecule has 0 saturated heterocycles. The van der Waals surface area contributed by atoms with Crippen LogP contribution in [0.15, 0.2) is 0 Å². The van der Waals surface area contributed by atoms with E-state index in [0.717, 1.165) is 37.0 Å². The molecule has 4 saturated carbocycles. The van der Waals surface area contributed by atoms with Gasteiger partial charge in [0.05, 0.1) is 6.61 Å². The SMILES string of the molecule is C[C@H](CC(=O)O)C1CC[C@H]2[C@@H]3CC[C@@H]4C[C@H](OC(=O)[C@@H](N)CO)CC[C@]4(C)[C@H]3CC[C@]12C. The van der Waals surface area contributed by atoms with Crippen LogP contribution in [0.5, 0.6) is 0 Å². The average molecular weight is 450 g/mol. The third-order valence-corrected chi connectivity index (χ3v) is 10.7. The highest BCUT2D eigenvalue weighted by atomic mass is 16.5. The Morgan fingerprint density at radius 2 is 1.72 bits per heavy atom. The zero-order chi connectivity index (χ0) is 23.3. The summed E-state index contributed by atoms with van der Waals surface area (Å²) in [6.45, 7) is 6.75. The maximum Gasteiger partial charge on any atom is 0.325 e. The number of hydrogen-bond donors (Lipinski definition) is 3. The van der Waals surface area contributed by atoms with Crippen molar-refractivity contribution in [1.82, 2.24) is 0 Å². The Hall–Kier alpha value is -1.14. The predicted molar refractivity (Wildman–Crippen MR) is 122 cm³/mol. The molecular formula is C26H43NO5. The maximum absolute atomic E-state index is 12.1. The zero-order valence-electron chi connectivity index (χ0n) is 20.1. The number of rotatable bonds is 6. The minimum absolute atomic E-state index is 0.0729. The summed E-state index contributed by atoms with van der Waals surface area (Å²) in [6, 6.07) is -0.936. The lowest BCUT2D eigenvalue weighted by Gasteiger charge is -2.61. The molecule has 4 N–H and O–H groups in total. The minimum Gasteiger partial charge on any atom is -0.481 e. The van der Waals surface area contributed by atoms with Crippen LogP contribution < -0.4 is 5.73 Å². The van der Waals surface area contributed by atoms with Gasteiger partial charge in [0, 0.05) is 6.42 Å². The molecule has 0 aliphatic heterocycles. The topological polar surface area (TPSA) is 110 Å². The number of esters is 1. The van der Waals surface area contributed by atoms with Crippen molar-refractivity contribution in [3.05, 3.63) is 0 Å². The van der Waals surface area contributed by atoms with Crippen LogP contribution in [-0.2, 0) is 14.3 Å². The van der Waals surface area contributed by atoms with Crippen molar-refractivity contribution in [2.75, 3.05) is 6.61 Å². The molecule has 0 aromatic carbocycles. The van der Waals surface area contributed by atoms with Gasteiger partial charge in [0.2, 0.25) is 0 Å². The van der Waals surface area contributed by atoms with Crippen LogP contribution in [-0.4, -0.2) is 40.9 Å². The highest BCUT2D eigenvalue weighted by Gasteiger charge is 2.60. The number of aliphatic carboxylic acids is 1. The third kappa shape index (κ3) is 4.00. The van der Waals surface area contributed by atoms with E-state index in [4.69, 9.17) is 15.6 Å². The fourth-order valence-electron chi connectivity index (χ4n) is 9.04. The second-order valence-corrected chi connectivity index (χ2v) is 12.1. The van der Waals surface area contributed by atoms with Gasteiger partial charge < -0.3 is 20.7 Å². The Labute approximate surface area is 192 Å². The van der Waals surface area contributed by atoms with Gasteiger partial charge in [-0.1, -0.05) is 20.8 Å². The average Bonchev–Trinajstić information content (AvgIpc) is 3.10. The van der Waals surface area contributed by atoms with Gasteiger partial charge in [-0.15, -0.1) is 0 Å². The van der Waals surface area contributed by atoms with E-state index in [-0.39, 0.29) is 24.0 Å². The first-order valence-electron chi connectivity index (χ1n) is 12.9. The number of aliphatic hydroxyl groups is 1. The van der Waals surface area contributed by atoms with Crippen LogP contribution in [0.3, 0.4) is 0 Å². The van der Waals surface area contributed by atoms with Crippen LogP contribution in [0.2, 0.25) is 0 Å². The standard InChI is InChI=1S/C26H43NO5/c1-15(12-23(29)30)19-6-7-20-18-5-4-16-13-17(32-24(31)22(27)14-28)8-10-25(16,2)21(18)9-11-26(19,20)3/h15-22,28H,4-14,27H2,1-3H3,(H,29,30)/t15-,16-,17-,18+,19?,20+,21+,22+,25+,26-/m1/s1. The molecule has 1 unspecified atom stereocenters. The minimum atomic E-state index is -0.936. The number of hydrogen-bond acceptors (Lipinski definition) is 5. The number of nitrogens with two attached hydrogens (primary N) is 1. The van der Waals surface area contributed by atoms with Crippen molar-refractivity contribution < 1.29 is 24.5 Å². The number of carbonyl (C=O) groups excluding carboxylic acids is 1. The summed E-state index contributed by atoms with van der Waals surface area (Å²) in [7, 11) is 0. The first-order chi connectivity index (χ1) is 15.1. The molecule has 4 rings (SSSR count). The van der Waals surface area contributed by atoms with Gasteiger partial charge in [0.1, 0.15) is 12.1 Å². The molecule has 0 amide bonds. The van der Waals surface area contributed by atoms with E-state index < -0.39 is 18.0 Å². The Kier molecular flexibility index (Phi) is 6.68. The fraction of sp³-hybridized carbons (Fsp3) is 0.923. The van der Waals surface area contributed by atoms with Crippen molar-refractivity contribution in [1.29, 1.82) is 0 Å². The zero-order valence-corrected chi connectivity index (χ0v) is 20.1. The molecule has 4 aliphatic carbocycles. The fourth-order valence-corrected chi connectivity index (χ4v) is 9.04. The molecular weight excluding hydrogens is 406 g/mol. The van der Waals surface area contributed by atoms with Gasteiger partial charge in [-0.05, 0) is 104 Å². The van der Waals surface area contributed by atoms with Gasteiger partial charge in [0.25, 0.3) is 0 Å². The smallest absolute Gasteiger partial charge is 0.325 e. The number of aliphatic hydroxyl groups excluding tert-OH is 1. The lowest BCUT2D eigenvalue weighted by atomic mass is 9.44. The maximum atomic E-state index is 12.1. The Morgan fingerprint density at radius 3 is 2.41 bits per heavy atom. The molecule has 0 bridgehead atoms. The summed E-state index contributed by atoms with van der Waals surface area (Å²) in [5.74, 6) is 2.41. The van der Waals surface area contributed by atoms with Crippen LogP contribution >= 0.6 is 0 Å². The largest absolute Gasteiger partial charge is 0.481 e. The van der Waals surface area contributed by atoms with Crippen molar-refractivity contribution in [3.63, 3.8) is 0 Å². The lowest BCUT2D eigenvalue weighted by Crippen LogP contribution is -2.54. The van der Waals surface area contributed by atoms with Gasteiger partial charge in [-0.25, -0.2) is 0 Å². The first kappa shape index (κ1) is 24.0. The van der Waals surface area contributed by atoms with Gasteiger partial charge in [0.15, 0.2) is 0 Å². The van der Waals surface area contributed by atoms with Crippen LogP contribution in [0.4, 0.5) is 0 Å². The monoisotopic (exact) mass is 449 g/mol. The lowest BCUT2D eigenvalue weighted by molar-refractivity contribution is -0.165. The molecule has 32 heavy (non-hydrogen) atoms. The van der Waals surface area contributed by atoms with E-state index in [1.54, 1.807) is 0 Å². The van der Waals surface area contributed by atoms with Gasteiger partial charge in [-0.2, -0.15) is 0 Å². The van der Waals surface area contributed by atoms with Crippen molar-refractivity contribution in [2.24, 2.45) is 52.1 Å². The summed E-state index contributed by atoms with van der Waals surface area (Å²) in [5, 5.41) is 18.5. The summed E-state index contributed by atoms with van der Waals surface area (Å²) in [5.41, 5.74) is 6.23. The number of carboxylic acids is 1. The van der Waals surface area contributed by atoms with Gasteiger partial charge >= 0.3 is 11.9 Å². The van der Waals surface area contributed by atoms with E-state index in [0.29, 0.717) is 23.7 Å². The quantitative estimate of drug-likeness (QED) is 0.529. The van der Waals surface area contributed by atoms with Crippen LogP contribution in [0.25, 0.3) is 0 Å². The van der Waals surface area contributed by atoms with E-state index >= 15 is 0 Å². The summed E-state index contributed by atoms with van der Waals surface area (Å²) < 4.78 is 5.66. The van der Waals surface area contributed by atoms with E-state index in [1.165, 1.54) is 38.5 Å². The summed E-state index contributed by atoms with van der Waals surface area (Å²) >= 11 is 0.